The molecule has 0 amide bonds. The third-order valence-corrected chi connectivity index (χ3v) is 2.91. The Labute approximate surface area is 84.4 Å². The first kappa shape index (κ1) is 10.9. The lowest BCUT2D eigenvalue weighted by Crippen LogP contribution is -1.99. The molecule has 0 unspecified atom stereocenters. The molecule has 76 valence electrons. The largest absolute Gasteiger partial charge is 0.244 e. The number of allylic oxidation sites excluding steroid dienone is 1. The van der Waals surface area contributed by atoms with Crippen molar-refractivity contribution in [1.29, 1.82) is 0 Å². The summed E-state index contributed by atoms with van der Waals surface area (Å²) in [6.07, 6.45) is 3.11. The molecule has 0 aliphatic heterocycles. The second-order valence-electron chi connectivity index (χ2n) is 3.29. The summed E-state index contributed by atoms with van der Waals surface area (Å²) in [6, 6.07) is 4.83. The normalized spacial score (nSPS) is 12.5. The Morgan fingerprint density at radius 1 is 1.36 bits per heavy atom. The van der Waals surface area contributed by atoms with Crippen molar-refractivity contribution in [3.8, 4) is 0 Å². The molecular formula is C10H13NO2S. The number of hydrogen-bond donors (Lipinski definition) is 0. The number of pyridine rings is 1. The second kappa shape index (κ2) is 4.37. The summed E-state index contributed by atoms with van der Waals surface area (Å²) >= 11 is 0. The number of nitrogens with zero attached hydrogens (tertiary/aromatic N) is 1. The van der Waals surface area contributed by atoms with Crippen LogP contribution in [0.3, 0.4) is 0 Å². The maximum Gasteiger partial charge on any atom is 0.216 e. The Kier molecular flexibility index (Phi) is 3.41. The van der Waals surface area contributed by atoms with E-state index in [0.717, 1.165) is 0 Å². The highest BCUT2D eigenvalue weighted by molar-refractivity contribution is 7.94. The number of rotatable bonds is 3. The van der Waals surface area contributed by atoms with Crippen molar-refractivity contribution in [2.75, 3.05) is 0 Å². The van der Waals surface area contributed by atoms with Crippen LogP contribution in [0.2, 0.25) is 0 Å². The molecule has 0 aliphatic rings. The van der Waals surface area contributed by atoms with Crippen LogP contribution in [0.15, 0.2) is 40.9 Å². The van der Waals surface area contributed by atoms with Crippen LogP contribution in [-0.2, 0) is 9.84 Å². The first-order valence-corrected chi connectivity index (χ1v) is 5.91. The molecule has 0 aliphatic carbocycles. The molecule has 4 heteroatoms. The average Bonchev–Trinajstić information content (AvgIpc) is 2.16. The van der Waals surface area contributed by atoms with Gasteiger partial charge in [-0.3, -0.25) is 0 Å². The minimum absolute atomic E-state index is 0.0944. The zero-order valence-electron chi connectivity index (χ0n) is 8.21. The van der Waals surface area contributed by atoms with Gasteiger partial charge >= 0.3 is 0 Å². The summed E-state index contributed by atoms with van der Waals surface area (Å²) in [5, 5.41) is 1.30. The third kappa shape index (κ3) is 2.96. The Morgan fingerprint density at radius 3 is 2.57 bits per heavy atom. The van der Waals surface area contributed by atoms with Crippen LogP contribution in [0.4, 0.5) is 0 Å². The fourth-order valence-corrected chi connectivity index (χ4v) is 1.98. The molecule has 0 fully saturated rings. The molecule has 14 heavy (non-hydrogen) atoms. The van der Waals surface area contributed by atoms with Gasteiger partial charge in [0.2, 0.25) is 9.84 Å². The summed E-state index contributed by atoms with van der Waals surface area (Å²) in [5.41, 5.74) is 0. The number of aromatic nitrogens is 1. The molecule has 0 N–H and O–H groups in total. The van der Waals surface area contributed by atoms with E-state index >= 15 is 0 Å². The molecule has 1 heterocycles. The van der Waals surface area contributed by atoms with Gasteiger partial charge in [-0.05, 0) is 18.1 Å². The van der Waals surface area contributed by atoms with Crippen molar-refractivity contribution in [2.45, 2.75) is 18.9 Å². The fraction of sp³-hybridized carbons (Fsp3) is 0.300. The van der Waals surface area contributed by atoms with E-state index in [2.05, 4.69) is 4.98 Å². The molecule has 0 spiro atoms. The van der Waals surface area contributed by atoms with Gasteiger partial charge in [-0.15, -0.1) is 0 Å². The predicted octanol–water partition coefficient (Wildman–Crippen LogP) is 2.03. The van der Waals surface area contributed by atoms with Gasteiger partial charge < -0.3 is 0 Å². The predicted molar refractivity (Wildman–Crippen MR) is 55.4 cm³/mol. The molecule has 0 aromatic carbocycles. The van der Waals surface area contributed by atoms with Crippen molar-refractivity contribution in [3.63, 3.8) is 0 Å². The van der Waals surface area contributed by atoms with Crippen molar-refractivity contribution < 1.29 is 8.42 Å². The van der Waals surface area contributed by atoms with Crippen LogP contribution >= 0.6 is 0 Å². The summed E-state index contributed by atoms with van der Waals surface area (Å²) in [4.78, 5) is 3.79. The fourth-order valence-electron chi connectivity index (χ4n) is 0.846. The van der Waals surface area contributed by atoms with Gasteiger partial charge in [-0.1, -0.05) is 26.0 Å². The highest BCUT2D eigenvalue weighted by atomic mass is 32.2. The highest BCUT2D eigenvalue weighted by Crippen LogP contribution is 2.09. The third-order valence-electron chi connectivity index (χ3n) is 1.57. The lowest BCUT2D eigenvalue weighted by Gasteiger charge is -1.97. The Morgan fingerprint density at radius 2 is 2.07 bits per heavy atom. The quantitative estimate of drug-likeness (QED) is 0.768. The molecule has 0 bridgehead atoms. The molecule has 0 atom stereocenters. The van der Waals surface area contributed by atoms with E-state index in [0.29, 0.717) is 0 Å². The van der Waals surface area contributed by atoms with Gasteiger partial charge in [0.25, 0.3) is 0 Å². The molecule has 0 radical (unpaired) electrons. The zero-order chi connectivity index (χ0) is 10.6. The van der Waals surface area contributed by atoms with Crippen LogP contribution in [0, 0.1) is 5.92 Å². The van der Waals surface area contributed by atoms with E-state index in [1.165, 1.54) is 17.7 Å². The lowest BCUT2D eigenvalue weighted by atomic mass is 10.2. The van der Waals surface area contributed by atoms with Crippen LogP contribution in [0.5, 0.6) is 0 Å². The topological polar surface area (TPSA) is 47.0 Å². The minimum Gasteiger partial charge on any atom is -0.244 e. The van der Waals surface area contributed by atoms with Crippen LogP contribution < -0.4 is 0 Å². The van der Waals surface area contributed by atoms with Crippen molar-refractivity contribution in [3.05, 3.63) is 35.9 Å². The Bertz CT molecular complexity index is 407. The maximum atomic E-state index is 11.6. The molecular weight excluding hydrogens is 198 g/mol. The van der Waals surface area contributed by atoms with Gasteiger partial charge in [0, 0.05) is 11.6 Å². The second-order valence-corrected chi connectivity index (χ2v) is 5.07. The van der Waals surface area contributed by atoms with Gasteiger partial charge in [-0.2, -0.15) is 0 Å². The van der Waals surface area contributed by atoms with Gasteiger partial charge in [0.15, 0.2) is 5.03 Å². The van der Waals surface area contributed by atoms with E-state index in [9.17, 15) is 8.42 Å². The first-order chi connectivity index (χ1) is 6.52. The van der Waals surface area contributed by atoms with E-state index in [1.807, 2.05) is 13.8 Å². The molecule has 1 aromatic heterocycles. The number of sulfone groups is 1. The zero-order valence-corrected chi connectivity index (χ0v) is 9.03. The Balaban J connectivity index is 2.99. The SMILES string of the molecule is CC(C)/C=C/S(=O)(=O)c1ccccn1. The minimum atomic E-state index is -3.35. The van der Waals surface area contributed by atoms with Gasteiger partial charge in [-0.25, -0.2) is 13.4 Å². The summed E-state index contributed by atoms with van der Waals surface area (Å²) in [7, 11) is -3.35. The monoisotopic (exact) mass is 211 g/mol. The summed E-state index contributed by atoms with van der Waals surface area (Å²) < 4.78 is 23.2. The number of hydrogen-bond acceptors (Lipinski definition) is 3. The van der Waals surface area contributed by atoms with Crippen LogP contribution in [-0.4, -0.2) is 13.4 Å². The van der Waals surface area contributed by atoms with Crippen molar-refractivity contribution >= 4 is 9.84 Å². The molecule has 1 aromatic rings. The summed E-state index contributed by atoms with van der Waals surface area (Å²) in [6.45, 7) is 3.84. The van der Waals surface area contributed by atoms with E-state index < -0.39 is 9.84 Å². The standard InChI is InChI=1S/C10H13NO2S/c1-9(2)6-8-14(12,13)10-5-3-4-7-11-10/h3-9H,1-2H3/b8-6+. The maximum absolute atomic E-state index is 11.6. The smallest absolute Gasteiger partial charge is 0.216 e. The average molecular weight is 211 g/mol. The van der Waals surface area contributed by atoms with E-state index in [-0.39, 0.29) is 10.9 Å². The van der Waals surface area contributed by atoms with Gasteiger partial charge in [0.05, 0.1) is 0 Å². The lowest BCUT2D eigenvalue weighted by molar-refractivity contribution is 0.600. The van der Waals surface area contributed by atoms with E-state index in [1.54, 1.807) is 18.2 Å². The summed E-state index contributed by atoms with van der Waals surface area (Å²) in [5.74, 6) is 0.216. The molecule has 0 saturated carbocycles. The highest BCUT2D eigenvalue weighted by Gasteiger charge is 2.10. The first-order valence-electron chi connectivity index (χ1n) is 4.37. The van der Waals surface area contributed by atoms with Crippen LogP contribution in [0.25, 0.3) is 0 Å². The molecule has 3 nitrogen and oxygen atoms in total. The van der Waals surface area contributed by atoms with Crippen molar-refractivity contribution in [1.82, 2.24) is 4.98 Å². The molecule has 1 rings (SSSR count). The van der Waals surface area contributed by atoms with Crippen molar-refractivity contribution in [2.24, 2.45) is 5.92 Å². The van der Waals surface area contributed by atoms with Gasteiger partial charge in [0.1, 0.15) is 0 Å². The molecule has 0 saturated heterocycles. The Hall–Kier alpha value is -1.16. The van der Waals surface area contributed by atoms with Crippen LogP contribution in [0.1, 0.15) is 13.8 Å². The van der Waals surface area contributed by atoms with E-state index in [4.69, 9.17) is 0 Å².